The first-order valence-corrected chi connectivity index (χ1v) is 12.2. The molecule has 4 heteroatoms. The Balaban J connectivity index is 1.78. The third-order valence-corrected chi connectivity index (χ3v) is 7.09. The third-order valence-electron chi connectivity index (χ3n) is 7.09. The lowest BCUT2D eigenvalue weighted by Crippen LogP contribution is -2.30. The van der Waals surface area contributed by atoms with Crippen LogP contribution in [0.4, 0.5) is 0 Å². The first kappa shape index (κ1) is 23.5. The van der Waals surface area contributed by atoms with E-state index in [0.29, 0.717) is 22.9 Å². The lowest BCUT2D eigenvalue weighted by atomic mass is 9.70. The second kappa shape index (κ2) is 8.62. The van der Waals surface area contributed by atoms with Crippen LogP contribution >= 0.6 is 0 Å². The van der Waals surface area contributed by atoms with E-state index < -0.39 is 0 Å². The molecule has 3 aromatic rings. The summed E-state index contributed by atoms with van der Waals surface area (Å²) in [7, 11) is 1.42. The predicted molar refractivity (Wildman–Crippen MR) is 135 cm³/mol. The number of methoxy groups -OCH3 is 1. The molecular formula is C29H38N2O2. The van der Waals surface area contributed by atoms with Gasteiger partial charge in [0.05, 0.1) is 23.7 Å². The molecule has 0 aliphatic heterocycles. The first-order chi connectivity index (χ1) is 15.5. The van der Waals surface area contributed by atoms with Gasteiger partial charge in [-0.2, -0.15) is 0 Å². The van der Waals surface area contributed by atoms with Gasteiger partial charge in [0.1, 0.15) is 5.82 Å². The van der Waals surface area contributed by atoms with Crippen molar-refractivity contribution in [3.8, 4) is 0 Å². The average molecular weight is 447 g/mol. The van der Waals surface area contributed by atoms with E-state index in [0.717, 1.165) is 36.1 Å². The summed E-state index contributed by atoms with van der Waals surface area (Å²) in [6.07, 6.45) is 4.32. The Hall–Kier alpha value is -2.62. The Morgan fingerprint density at radius 3 is 2.42 bits per heavy atom. The minimum atomic E-state index is -0.321. The number of carbonyl (C=O) groups excluding carboxylic acids is 1. The lowest BCUT2D eigenvalue weighted by molar-refractivity contribution is 0.0601. The Labute approximate surface area is 198 Å². The standard InChI is InChI=1S/C29H38N2O2/c1-19-14-23(18-29(5,6)17-19)31-25-13-10-21(27(32)33-7)16-24(25)30-26(31)15-20-8-11-22(12-9-20)28(2,3)4/h8-13,16,19,23H,14-15,17-18H2,1-7H3/t19-,23+/m0/s1. The highest BCUT2D eigenvalue weighted by molar-refractivity contribution is 5.93. The minimum Gasteiger partial charge on any atom is -0.465 e. The number of hydrogen-bond acceptors (Lipinski definition) is 3. The Bertz CT molecular complexity index is 1150. The Kier molecular flexibility index (Phi) is 6.15. The molecule has 176 valence electrons. The van der Waals surface area contributed by atoms with E-state index in [4.69, 9.17) is 9.72 Å². The van der Waals surface area contributed by atoms with Crippen LogP contribution in [0.1, 0.15) is 94.2 Å². The number of nitrogens with zero attached hydrogens (tertiary/aromatic N) is 2. The van der Waals surface area contributed by atoms with Gasteiger partial charge in [-0.05, 0) is 65.3 Å². The fourth-order valence-corrected chi connectivity index (χ4v) is 5.72. The van der Waals surface area contributed by atoms with Crippen molar-refractivity contribution in [2.24, 2.45) is 11.3 Å². The van der Waals surface area contributed by atoms with Crippen molar-refractivity contribution in [1.29, 1.82) is 0 Å². The molecular weight excluding hydrogens is 408 g/mol. The molecule has 2 atom stereocenters. The molecule has 0 saturated heterocycles. The molecule has 0 amide bonds. The summed E-state index contributed by atoms with van der Waals surface area (Å²) >= 11 is 0. The molecule has 4 nitrogen and oxygen atoms in total. The van der Waals surface area contributed by atoms with Crippen molar-refractivity contribution < 1.29 is 9.53 Å². The van der Waals surface area contributed by atoms with Gasteiger partial charge in [-0.25, -0.2) is 9.78 Å². The Morgan fingerprint density at radius 2 is 1.82 bits per heavy atom. The van der Waals surface area contributed by atoms with Gasteiger partial charge in [0.15, 0.2) is 0 Å². The van der Waals surface area contributed by atoms with Crippen molar-refractivity contribution in [2.75, 3.05) is 7.11 Å². The molecule has 0 radical (unpaired) electrons. The van der Waals surface area contributed by atoms with Crippen molar-refractivity contribution in [3.05, 3.63) is 65.0 Å². The lowest BCUT2D eigenvalue weighted by Gasteiger charge is -2.40. The molecule has 1 aromatic heterocycles. The van der Waals surface area contributed by atoms with Crippen LogP contribution in [0.3, 0.4) is 0 Å². The van der Waals surface area contributed by atoms with Crippen molar-refractivity contribution in [2.45, 2.75) is 78.7 Å². The predicted octanol–water partition coefficient (Wildman–Crippen LogP) is 7.10. The maximum atomic E-state index is 12.1. The number of ether oxygens (including phenoxy) is 1. The molecule has 0 N–H and O–H groups in total. The SMILES string of the molecule is COC(=O)c1ccc2c(c1)nc(Cc1ccc(C(C)(C)C)cc1)n2[C@@H]1C[C@H](C)CC(C)(C)C1. The van der Waals surface area contributed by atoms with Crippen LogP contribution in [-0.4, -0.2) is 22.6 Å². The van der Waals surface area contributed by atoms with Crippen LogP contribution in [0.5, 0.6) is 0 Å². The summed E-state index contributed by atoms with van der Waals surface area (Å²) in [6.45, 7) is 13.9. The first-order valence-electron chi connectivity index (χ1n) is 12.2. The number of hydrogen-bond donors (Lipinski definition) is 0. The summed E-state index contributed by atoms with van der Waals surface area (Å²) in [5, 5.41) is 0. The summed E-state index contributed by atoms with van der Waals surface area (Å²) in [4.78, 5) is 17.2. The molecule has 0 spiro atoms. The smallest absolute Gasteiger partial charge is 0.337 e. The zero-order valence-electron chi connectivity index (χ0n) is 21.2. The van der Waals surface area contributed by atoms with Gasteiger partial charge in [0.2, 0.25) is 0 Å². The zero-order chi connectivity index (χ0) is 24.0. The summed E-state index contributed by atoms with van der Waals surface area (Å²) in [5.74, 6) is 1.42. The van der Waals surface area contributed by atoms with Gasteiger partial charge in [-0.3, -0.25) is 0 Å². The largest absolute Gasteiger partial charge is 0.465 e. The summed E-state index contributed by atoms with van der Waals surface area (Å²) < 4.78 is 7.40. The van der Waals surface area contributed by atoms with E-state index in [1.54, 1.807) is 0 Å². The average Bonchev–Trinajstić information content (AvgIpc) is 3.08. The molecule has 4 rings (SSSR count). The van der Waals surface area contributed by atoms with E-state index in [2.05, 4.69) is 70.4 Å². The number of esters is 1. The van der Waals surface area contributed by atoms with Gasteiger partial charge in [0.25, 0.3) is 0 Å². The van der Waals surface area contributed by atoms with Crippen LogP contribution in [0.2, 0.25) is 0 Å². The highest BCUT2D eigenvalue weighted by atomic mass is 16.5. The van der Waals surface area contributed by atoms with Crippen molar-refractivity contribution >= 4 is 17.0 Å². The molecule has 0 unspecified atom stereocenters. The van der Waals surface area contributed by atoms with Crippen LogP contribution in [0.15, 0.2) is 42.5 Å². The molecule has 1 aliphatic rings. The number of aromatic nitrogens is 2. The topological polar surface area (TPSA) is 44.1 Å². The molecule has 1 fully saturated rings. The van der Waals surface area contributed by atoms with Gasteiger partial charge in [-0.15, -0.1) is 0 Å². The molecule has 1 saturated carbocycles. The minimum absolute atomic E-state index is 0.139. The number of benzene rings is 2. The monoisotopic (exact) mass is 446 g/mol. The number of carbonyl (C=O) groups is 1. The highest BCUT2D eigenvalue weighted by Gasteiger charge is 2.34. The maximum absolute atomic E-state index is 12.1. The normalized spacial score (nSPS) is 20.7. The fraction of sp³-hybridized carbons (Fsp3) is 0.517. The van der Waals surface area contributed by atoms with Crippen molar-refractivity contribution in [1.82, 2.24) is 9.55 Å². The van der Waals surface area contributed by atoms with E-state index in [9.17, 15) is 4.79 Å². The molecule has 0 bridgehead atoms. The number of rotatable bonds is 4. The van der Waals surface area contributed by atoms with Crippen LogP contribution in [0, 0.1) is 11.3 Å². The maximum Gasteiger partial charge on any atom is 0.337 e. The van der Waals surface area contributed by atoms with E-state index in [-0.39, 0.29) is 11.4 Å². The summed E-state index contributed by atoms with van der Waals surface area (Å²) in [5.41, 5.74) is 5.57. The quantitative estimate of drug-likeness (QED) is 0.402. The van der Waals surface area contributed by atoms with E-state index in [1.807, 2.05) is 18.2 Å². The second-order valence-electron chi connectivity index (χ2n) is 11.8. The second-order valence-corrected chi connectivity index (χ2v) is 11.8. The third kappa shape index (κ3) is 5.00. The summed E-state index contributed by atoms with van der Waals surface area (Å²) in [6, 6.07) is 15.1. The molecule has 2 aromatic carbocycles. The van der Waals surface area contributed by atoms with Gasteiger partial charge >= 0.3 is 5.97 Å². The fourth-order valence-electron chi connectivity index (χ4n) is 5.72. The van der Waals surface area contributed by atoms with Crippen molar-refractivity contribution in [3.63, 3.8) is 0 Å². The van der Waals surface area contributed by atoms with Gasteiger partial charge < -0.3 is 9.30 Å². The number of fused-ring (bicyclic) bond motifs is 1. The van der Waals surface area contributed by atoms with Gasteiger partial charge in [-0.1, -0.05) is 65.8 Å². The van der Waals surface area contributed by atoms with E-state index >= 15 is 0 Å². The van der Waals surface area contributed by atoms with Crippen LogP contribution in [0.25, 0.3) is 11.0 Å². The molecule has 1 aliphatic carbocycles. The molecule has 33 heavy (non-hydrogen) atoms. The van der Waals surface area contributed by atoms with Crippen LogP contribution in [-0.2, 0) is 16.6 Å². The van der Waals surface area contributed by atoms with E-state index in [1.165, 1.54) is 24.7 Å². The number of imidazole rings is 1. The van der Waals surface area contributed by atoms with Crippen LogP contribution < -0.4 is 0 Å². The highest BCUT2D eigenvalue weighted by Crippen LogP contribution is 2.45. The molecule has 1 heterocycles. The Morgan fingerprint density at radius 1 is 1.12 bits per heavy atom. The van der Waals surface area contributed by atoms with Gasteiger partial charge in [0, 0.05) is 12.5 Å². The zero-order valence-corrected chi connectivity index (χ0v) is 21.2.